The molecule has 1 aromatic heterocycles. The molecule has 0 aromatic carbocycles. The minimum atomic E-state index is 0.675. The lowest BCUT2D eigenvalue weighted by Gasteiger charge is -2.07. The molecule has 10 heteroatoms. The Kier molecular flexibility index (Phi) is 11.2. The molecule has 0 spiro atoms. The van der Waals surface area contributed by atoms with Gasteiger partial charge in [-0.1, -0.05) is 0 Å². The van der Waals surface area contributed by atoms with E-state index < -0.39 is 0 Å². The summed E-state index contributed by atoms with van der Waals surface area (Å²) in [5.74, 6) is 4.55. The van der Waals surface area contributed by atoms with E-state index in [9.17, 15) is 0 Å². The first kappa shape index (κ1) is 20.3. The van der Waals surface area contributed by atoms with Gasteiger partial charge >= 0.3 is 0 Å². The summed E-state index contributed by atoms with van der Waals surface area (Å²) in [5.41, 5.74) is 1.03. The second-order valence-electron chi connectivity index (χ2n) is 4.34. The molecule has 4 N–H and O–H groups in total. The monoisotopic (exact) mass is 393 g/mol. The maximum Gasteiger partial charge on any atom is 0.181 e. The number of hydrogen-bond acceptors (Lipinski definition) is 6. The van der Waals surface area contributed by atoms with Gasteiger partial charge in [0.25, 0.3) is 0 Å². The van der Waals surface area contributed by atoms with E-state index in [0.29, 0.717) is 10.2 Å². The van der Waals surface area contributed by atoms with Crippen LogP contribution >= 0.6 is 48.0 Å². The summed E-state index contributed by atoms with van der Waals surface area (Å²) < 4.78 is 5.48. The van der Waals surface area contributed by atoms with Gasteiger partial charge in [-0.25, -0.2) is 4.98 Å². The molecule has 0 radical (unpaired) electrons. The predicted molar refractivity (Wildman–Crippen MR) is 108 cm³/mol. The molecule has 0 unspecified atom stereocenters. The Morgan fingerprint density at radius 2 is 1.61 bits per heavy atom. The van der Waals surface area contributed by atoms with E-state index >= 15 is 0 Å². The number of thioether (sulfide) groups is 2. The van der Waals surface area contributed by atoms with Gasteiger partial charge in [-0.2, -0.15) is 23.5 Å². The molecule has 1 rings (SSSR count). The lowest BCUT2D eigenvalue weighted by molar-refractivity contribution is 0.521. The summed E-state index contributed by atoms with van der Waals surface area (Å²) >= 11 is 13.6. The minimum Gasteiger partial charge on any atom is -0.447 e. The van der Waals surface area contributed by atoms with Crippen molar-refractivity contribution < 1.29 is 4.42 Å². The van der Waals surface area contributed by atoms with Crippen LogP contribution in [0.3, 0.4) is 0 Å². The van der Waals surface area contributed by atoms with Crippen molar-refractivity contribution in [3.05, 3.63) is 17.8 Å². The number of nitrogens with one attached hydrogen (secondary N) is 4. The van der Waals surface area contributed by atoms with E-state index in [2.05, 4.69) is 26.3 Å². The van der Waals surface area contributed by atoms with Gasteiger partial charge in [0.05, 0.1) is 11.4 Å². The van der Waals surface area contributed by atoms with Crippen LogP contribution < -0.4 is 21.3 Å². The smallest absolute Gasteiger partial charge is 0.181 e. The van der Waals surface area contributed by atoms with E-state index in [1.54, 1.807) is 11.8 Å². The van der Waals surface area contributed by atoms with Gasteiger partial charge in [-0.05, 0) is 24.4 Å². The minimum absolute atomic E-state index is 0.675. The van der Waals surface area contributed by atoms with Gasteiger partial charge in [0.2, 0.25) is 0 Å². The SMILES string of the molecule is CNC(=S)NCCSCc1ncoc1CSCCNC(=S)NC. The first-order valence-corrected chi connectivity index (χ1v) is 10.3. The number of hydrogen-bond donors (Lipinski definition) is 4. The Balaban J connectivity index is 2.15. The third kappa shape index (κ3) is 9.23. The van der Waals surface area contributed by atoms with Crippen molar-refractivity contribution in [1.82, 2.24) is 26.3 Å². The second-order valence-corrected chi connectivity index (χ2v) is 7.37. The zero-order valence-corrected chi connectivity index (χ0v) is 16.6. The molecule has 130 valence electrons. The summed E-state index contributed by atoms with van der Waals surface area (Å²) in [6, 6.07) is 0. The number of rotatable bonds is 10. The Morgan fingerprint density at radius 1 is 1.04 bits per heavy atom. The highest BCUT2D eigenvalue weighted by Gasteiger charge is 2.08. The molecule has 0 aliphatic heterocycles. The van der Waals surface area contributed by atoms with E-state index in [4.69, 9.17) is 28.9 Å². The molecule has 23 heavy (non-hydrogen) atoms. The van der Waals surface area contributed by atoms with Crippen LogP contribution in [-0.2, 0) is 11.5 Å². The van der Waals surface area contributed by atoms with Crippen molar-refractivity contribution in [3.63, 3.8) is 0 Å². The largest absolute Gasteiger partial charge is 0.447 e. The maximum absolute atomic E-state index is 5.48. The van der Waals surface area contributed by atoms with Gasteiger partial charge < -0.3 is 25.7 Å². The summed E-state index contributed by atoms with van der Waals surface area (Å²) in [4.78, 5) is 4.30. The molecular formula is C13H23N5OS4. The highest BCUT2D eigenvalue weighted by Crippen LogP contribution is 2.19. The number of oxazole rings is 1. The van der Waals surface area contributed by atoms with Crippen molar-refractivity contribution in [2.24, 2.45) is 0 Å². The average Bonchev–Trinajstić information content (AvgIpc) is 3.01. The zero-order chi connectivity index (χ0) is 16.9. The van der Waals surface area contributed by atoms with Crippen LogP contribution in [0.5, 0.6) is 0 Å². The molecule has 0 aliphatic rings. The average molecular weight is 394 g/mol. The fourth-order valence-electron chi connectivity index (χ4n) is 1.51. The molecule has 0 saturated carbocycles. The molecule has 0 bridgehead atoms. The Bertz CT molecular complexity index is 442. The van der Waals surface area contributed by atoms with Crippen molar-refractivity contribution in [1.29, 1.82) is 0 Å². The molecule has 0 amide bonds. The summed E-state index contributed by atoms with van der Waals surface area (Å²) in [6.07, 6.45) is 1.52. The van der Waals surface area contributed by atoms with Crippen LogP contribution in [0.25, 0.3) is 0 Å². The first-order chi connectivity index (χ1) is 11.2. The third-order valence-corrected chi connectivity index (χ3v) is 5.34. The van der Waals surface area contributed by atoms with E-state index in [1.165, 1.54) is 6.39 Å². The summed E-state index contributed by atoms with van der Waals surface area (Å²) in [5, 5.41) is 13.4. The van der Waals surface area contributed by atoms with Gasteiger partial charge in [0.15, 0.2) is 16.6 Å². The van der Waals surface area contributed by atoms with Gasteiger partial charge in [0, 0.05) is 44.4 Å². The molecule has 0 saturated heterocycles. The zero-order valence-electron chi connectivity index (χ0n) is 13.3. The number of thiocarbonyl (C=S) groups is 2. The van der Waals surface area contributed by atoms with Crippen LogP contribution in [0.2, 0.25) is 0 Å². The quantitative estimate of drug-likeness (QED) is 0.345. The second kappa shape index (κ2) is 12.7. The van der Waals surface area contributed by atoms with E-state index in [-0.39, 0.29) is 0 Å². The van der Waals surface area contributed by atoms with Crippen LogP contribution in [0, 0.1) is 0 Å². The van der Waals surface area contributed by atoms with Gasteiger partial charge in [0.1, 0.15) is 5.76 Å². The van der Waals surface area contributed by atoms with Crippen molar-refractivity contribution in [2.45, 2.75) is 11.5 Å². The van der Waals surface area contributed by atoms with E-state index in [0.717, 1.165) is 47.6 Å². The van der Waals surface area contributed by atoms with Gasteiger partial charge in [-0.15, -0.1) is 0 Å². The Labute approximate surface area is 156 Å². The Hall–Kier alpha value is -0.710. The maximum atomic E-state index is 5.48. The molecule has 1 aromatic rings. The molecule has 6 nitrogen and oxygen atoms in total. The van der Waals surface area contributed by atoms with Crippen LogP contribution in [0.1, 0.15) is 11.5 Å². The fraction of sp³-hybridized carbons (Fsp3) is 0.615. The van der Waals surface area contributed by atoms with Crippen LogP contribution in [0.15, 0.2) is 10.8 Å². The van der Waals surface area contributed by atoms with Crippen LogP contribution in [-0.4, -0.2) is 53.9 Å². The fourth-order valence-corrected chi connectivity index (χ4v) is 3.35. The molecular weight excluding hydrogens is 370 g/mol. The summed E-state index contributed by atoms with van der Waals surface area (Å²) in [7, 11) is 3.62. The third-order valence-electron chi connectivity index (χ3n) is 2.72. The highest BCUT2D eigenvalue weighted by molar-refractivity contribution is 7.98. The first-order valence-electron chi connectivity index (χ1n) is 7.15. The van der Waals surface area contributed by atoms with E-state index in [1.807, 2.05) is 25.9 Å². The molecule has 0 fully saturated rings. The normalized spacial score (nSPS) is 10.2. The van der Waals surface area contributed by atoms with Gasteiger partial charge in [-0.3, -0.25) is 0 Å². The molecule has 1 heterocycles. The van der Waals surface area contributed by atoms with Crippen molar-refractivity contribution >= 4 is 58.2 Å². The lowest BCUT2D eigenvalue weighted by Crippen LogP contribution is -2.33. The molecule has 0 atom stereocenters. The van der Waals surface area contributed by atoms with Crippen molar-refractivity contribution in [3.8, 4) is 0 Å². The van der Waals surface area contributed by atoms with Crippen molar-refractivity contribution in [2.75, 3.05) is 38.7 Å². The standard InChI is InChI=1S/C13H23N5OS4/c1-14-12(20)16-3-5-22-7-10-11(19-9-18-10)8-23-6-4-17-13(21)15-2/h9H,3-8H2,1-2H3,(H2,14,16,20)(H2,15,17,21). The summed E-state index contributed by atoms with van der Waals surface area (Å²) in [6.45, 7) is 1.67. The Morgan fingerprint density at radius 3 is 2.17 bits per heavy atom. The lowest BCUT2D eigenvalue weighted by atomic mass is 10.4. The number of nitrogens with zero attached hydrogens (tertiary/aromatic N) is 1. The molecule has 0 aliphatic carbocycles. The van der Waals surface area contributed by atoms with Crippen LogP contribution in [0.4, 0.5) is 0 Å². The highest BCUT2D eigenvalue weighted by atomic mass is 32.2. The topological polar surface area (TPSA) is 74.2 Å². The predicted octanol–water partition coefficient (Wildman–Crippen LogP) is 1.33. The number of aromatic nitrogens is 1.